The van der Waals surface area contributed by atoms with Gasteiger partial charge in [0.1, 0.15) is 11.6 Å². The Morgan fingerprint density at radius 3 is 2.67 bits per heavy atom. The summed E-state index contributed by atoms with van der Waals surface area (Å²) in [6, 6.07) is 12.7. The van der Waals surface area contributed by atoms with Crippen LogP contribution >= 0.6 is 0 Å². The minimum Gasteiger partial charge on any atom is -0.508 e. The second-order valence-corrected chi connectivity index (χ2v) is 3.81. The smallest absolute Gasteiger partial charge is 0.215 e. The second kappa shape index (κ2) is 5.91. The van der Waals surface area contributed by atoms with Crippen LogP contribution in [0.1, 0.15) is 12.5 Å². The van der Waals surface area contributed by atoms with Crippen molar-refractivity contribution in [2.45, 2.75) is 13.5 Å². The molecule has 1 heterocycles. The van der Waals surface area contributed by atoms with Crippen LogP contribution in [0.15, 0.2) is 42.5 Å². The predicted octanol–water partition coefficient (Wildman–Crippen LogP) is 2.80. The Labute approximate surface area is 106 Å². The van der Waals surface area contributed by atoms with Crippen molar-refractivity contribution in [3.63, 3.8) is 0 Å². The average Bonchev–Trinajstić information content (AvgIpc) is 2.39. The summed E-state index contributed by atoms with van der Waals surface area (Å²) < 4.78 is 5.33. The highest BCUT2D eigenvalue weighted by Crippen LogP contribution is 2.14. The van der Waals surface area contributed by atoms with Crippen molar-refractivity contribution in [1.29, 1.82) is 0 Å². The molecule has 4 nitrogen and oxygen atoms in total. The maximum Gasteiger partial charge on any atom is 0.215 e. The van der Waals surface area contributed by atoms with Gasteiger partial charge in [0.15, 0.2) is 0 Å². The Morgan fingerprint density at radius 1 is 1.17 bits per heavy atom. The molecule has 0 amide bonds. The molecule has 94 valence electrons. The molecule has 1 aromatic carbocycles. The van der Waals surface area contributed by atoms with Crippen LogP contribution < -0.4 is 10.1 Å². The summed E-state index contributed by atoms with van der Waals surface area (Å²) in [5.74, 6) is 1.66. The lowest BCUT2D eigenvalue weighted by molar-refractivity contribution is 0.327. The molecular weight excluding hydrogens is 228 g/mol. The quantitative estimate of drug-likeness (QED) is 0.849. The van der Waals surface area contributed by atoms with Crippen molar-refractivity contribution in [3.8, 4) is 11.6 Å². The molecule has 18 heavy (non-hydrogen) atoms. The zero-order valence-corrected chi connectivity index (χ0v) is 10.3. The first-order valence-corrected chi connectivity index (χ1v) is 5.89. The van der Waals surface area contributed by atoms with E-state index < -0.39 is 0 Å². The molecule has 0 aliphatic carbocycles. The first-order valence-electron chi connectivity index (χ1n) is 5.89. The van der Waals surface area contributed by atoms with Gasteiger partial charge in [-0.25, -0.2) is 0 Å². The number of ether oxygens (including phenoxy) is 1. The van der Waals surface area contributed by atoms with Gasteiger partial charge in [0.2, 0.25) is 5.88 Å². The lowest BCUT2D eigenvalue weighted by atomic mass is 10.2. The molecule has 0 spiro atoms. The zero-order valence-electron chi connectivity index (χ0n) is 10.3. The number of anilines is 1. The molecule has 2 rings (SSSR count). The first kappa shape index (κ1) is 12.2. The van der Waals surface area contributed by atoms with Crippen LogP contribution in [0.2, 0.25) is 0 Å². The Balaban J connectivity index is 1.97. The van der Waals surface area contributed by atoms with Gasteiger partial charge < -0.3 is 15.2 Å². The van der Waals surface area contributed by atoms with E-state index >= 15 is 0 Å². The highest BCUT2D eigenvalue weighted by molar-refractivity contribution is 5.38. The summed E-state index contributed by atoms with van der Waals surface area (Å²) in [6.07, 6.45) is 0. The molecule has 1 aromatic heterocycles. The number of phenols is 1. The van der Waals surface area contributed by atoms with Crippen molar-refractivity contribution in [1.82, 2.24) is 4.98 Å². The standard InChI is InChI=1S/C14H16N2O2/c1-2-18-14-5-3-4-13(16-14)15-10-11-6-8-12(17)9-7-11/h3-9,17H,2,10H2,1H3,(H,15,16). The highest BCUT2D eigenvalue weighted by Gasteiger charge is 1.98. The number of nitrogens with one attached hydrogen (secondary N) is 1. The van der Waals surface area contributed by atoms with Gasteiger partial charge in [-0.3, -0.25) is 0 Å². The van der Waals surface area contributed by atoms with E-state index in [1.807, 2.05) is 37.3 Å². The van der Waals surface area contributed by atoms with Gasteiger partial charge in [-0.2, -0.15) is 4.98 Å². The van der Waals surface area contributed by atoms with E-state index in [1.54, 1.807) is 12.1 Å². The van der Waals surface area contributed by atoms with Crippen LogP contribution in [-0.4, -0.2) is 16.7 Å². The van der Waals surface area contributed by atoms with Gasteiger partial charge in [-0.1, -0.05) is 18.2 Å². The summed E-state index contributed by atoms with van der Waals surface area (Å²) >= 11 is 0. The van der Waals surface area contributed by atoms with Gasteiger partial charge >= 0.3 is 0 Å². The number of hydrogen-bond acceptors (Lipinski definition) is 4. The normalized spacial score (nSPS) is 10.1. The molecule has 0 saturated carbocycles. The molecule has 0 aliphatic rings. The van der Waals surface area contributed by atoms with Crippen molar-refractivity contribution in [2.75, 3.05) is 11.9 Å². The summed E-state index contributed by atoms with van der Waals surface area (Å²) in [4.78, 5) is 4.31. The summed E-state index contributed by atoms with van der Waals surface area (Å²) in [5.41, 5.74) is 1.08. The summed E-state index contributed by atoms with van der Waals surface area (Å²) in [7, 11) is 0. The van der Waals surface area contributed by atoms with E-state index in [-0.39, 0.29) is 5.75 Å². The molecule has 0 radical (unpaired) electrons. The van der Waals surface area contributed by atoms with Crippen LogP contribution in [0.5, 0.6) is 11.6 Å². The van der Waals surface area contributed by atoms with Crippen molar-refractivity contribution < 1.29 is 9.84 Å². The van der Waals surface area contributed by atoms with Gasteiger partial charge in [0, 0.05) is 12.6 Å². The molecule has 0 aliphatic heterocycles. The number of rotatable bonds is 5. The Morgan fingerprint density at radius 2 is 1.94 bits per heavy atom. The lowest BCUT2D eigenvalue weighted by Crippen LogP contribution is -2.02. The van der Waals surface area contributed by atoms with E-state index in [0.29, 0.717) is 19.0 Å². The van der Waals surface area contributed by atoms with Gasteiger partial charge in [0.05, 0.1) is 6.61 Å². The number of aromatic hydroxyl groups is 1. The Hall–Kier alpha value is -2.23. The van der Waals surface area contributed by atoms with Crippen LogP contribution in [0.3, 0.4) is 0 Å². The second-order valence-electron chi connectivity index (χ2n) is 3.81. The maximum absolute atomic E-state index is 9.19. The summed E-state index contributed by atoms with van der Waals surface area (Å²) in [5, 5.41) is 12.4. The van der Waals surface area contributed by atoms with Crippen LogP contribution in [0.25, 0.3) is 0 Å². The van der Waals surface area contributed by atoms with E-state index in [9.17, 15) is 5.11 Å². The van der Waals surface area contributed by atoms with E-state index in [1.165, 1.54) is 0 Å². The third kappa shape index (κ3) is 3.38. The van der Waals surface area contributed by atoms with Crippen LogP contribution in [0.4, 0.5) is 5.82 Å². The van der Waals surface area contributed by atoms with Crippen molar-refractivity contribution >= 4 is 5.82 Å². The fourth-order valence-electron chi connectivity index (χ4n) is 1.55. The topological polar surface area (TPSA) is 54.4 Å². The van der Waals surface area contributed by atoms with E-state index in [4.69, 9.17) is 4.74 Å². The number of hydrogen-bond donors (Lipinski definition) is 2. The first-order chi connectivity index (χ1) is 8.78. The van der Waals surface area contributed by atoms with Gasteiger partial charge in [-0.15, -0.1) is 0 Å². The van der Waals surface area contributed by atoms with Crippen molar-refractivity contribution in [3.05, 3.63) is 48.0 Å². The molecule has 0 unspecified atom stereocenters. The third-order valence-electron chi connectivity index (χ3n) is 2.43. The number of nitrogens with zero attached hydrogens (tertiary/aromatic N) is 1. The molecule has 0 fully saturated rings. The molecular formula is C14H16N2O2. The highest BCUT2D eigenvalue weighted by atomic mass is 16.5. The largest absolute Gasteiger partial charge is 0.508 e. The molecule has 0 bridgehead atoms. The van der Waals surface area contributed by atoms with Gasteiger partial charge in [0.25, 0.3) is 0 Å². The average molecular weight is 244 g/mol. The minimum atomic E-state index is 0.273. The Kier molecular flexibility index (Phi) is 4.02. The lowest BCUT2D eigenvalue weighted by Gasteiger charge is -2.07. The molecule has 2 aromatic rings. The predicted molar refractivity (Wildman–Crippen MR) is 70.8 cm³/mol. The third-order valence-corrected chi connectivity index (χ3v) is 2.43. The monoisotopic (exact) mass is 244 g/mol. The van der Waals surface area contributed by atoms with E-state index in [2.05, 4.69) is 10.3 Å². The Bertz CT molecular complexity index is 497. The number of pyridine rings is 1. The van der Waals surface area contributed by atoms with Crippen LogP contribution in [-0.2, 0) is 6.54 Å². The molecule has 2 N–H and O–H groups in total. The fraction of sp³-hybridized carbons (Fsp3) is 0.214. The zero-order chi connectivity index (χ0) is 12.8. The number of phenolic OH excluding ortho intramolecular Hbond substituents is 1. The van der Waals surface area contributed by atoms with Crippen molar-refractivity contribution in [2.24, 2.45) is 0 Å². The minimum absolute atomic E-state index is 0.273. The molecule has 0 atom stereocenters. The van der Waals surface area contributed by atoms with Gasteiger partial charge in [-0.05, 0) is 30.7 Å². The SMILES string of the molecule is CCOc1cccc(NCc2ccc(O)cc2)n1. The van der Waals surface area contributed by atoms with E-state index in [0.717, 1.165) is 11.4 Å². The molecule has 0 saturated heterocycles. The number of aromatic nitrogens is 1. The summed E-state index contributed by atoms with van der Waals surface area (Å²) in [6.45, 7) is 3.19. The maximum atomic E-state index is 9.19. The fourth-order valence-corrected chi connectivity index (χ4v) is 1.55. The van der Waals surface area contributed by atoms with Crippen LogP contribution in [0, 0.1) is 0 Å². The number of benzene rings is 1. The molecule has 4 heteroatoms.